The van der Waals surface area contributed by atoms with Crippen LogP contribution in [0.3, 0.4) is 0 Å². The van der Waals surface area contributed by atoms with Crippen LogP contribution in [-0.4, -0.2) is 26.8 Å². The van der Waals surface area contributed by atoms with Crippen LogP contribution in [0.2, 0.25) is 0 Å². The van der Waals surface area contributed by atoms with Crippen LogP contribution in [0.1, 0.15) is 68.7 Å². The lowest BCUT2D eigenvalue weighted by Gasteiger charge is -2.30. The maximum atomic E-state index is 14.1. The van der Waals surface area contributed by atoms with Crippen LogP contribution in [0.4, 0.5) is 10.3 Å². The highest BCUT2D eigenvalue weighted by Crippen LogP contribution is 2.38. The topological polar surface area (TPSA) is 69.0 Å². The highest BCUT2D eigenvalue weighted by atomic mass is 32.2. The highest BCUT2D eigenvalue weighted by Gasteiger charge is 2.36. The predicted octanol–water partition coefficient (Wildman–Crippen LogP) is 6.44. The Bertz CT molecular complexity index is 1260. The van der Waals surface area contributed by atoms with E-state index in [0.717, 1.165) is 37.7 Å². The van der Waals surface area contributed by atoms with Gasteiger partial charge in [-0.3, -0.25) is 0 Å². The lowest BCUT2D eigenvalue weighted by atomic mass is 9.94. The number of anilines is 1. The number of benzene rings is 2. The monoisotopic (exact) mass is 506 g/mol. The van der Waals surface area contributed by atoms with Gasteiger partial charge in [-0.05, 0) is 61.8 Å². The summed E-state index contributed by atoms with van der Waals surface area (Å²) in [5, 5.41) is 8.53. The second-order valence-electron chi connectivity index (χ2n) is 9.37. The Morgan fingerprint density at radius 1 is 1.14 bits per heavy atom. The van der Waals surface area contributed by atoms with E-state index in [1.807, 2.05) is 25.1 Å². The van der Waals surface area contributed by atoms with Gasteiger partial charge in [-0.2, -0.15) is 4.98 Å². The van der Waals surface area contributed by atoms with Crippen molar-refractivity contribution in [1.29, 1.82) is 0 Å². The number of ether oxygens (including phenoxy) is 1. The number of aromatic nitrogens is 3. The highest BCUT2D eigenvalue weighted by molar-refractivity contribution is 7.98. The minimum Gasteiger partial charge on any atom is -0.459 e. The van der Waals surface area contributed by atoms with Gasteiger partial charge in [0.05, 0.1) is 5.57 Å². The molecule has 2 heterocycles. The van der Waals surface area contributed by atoms with Gasteiger partial charge in [0.25, 0.3) is 0 Å². The van der Waals surface area contributed by atoms with Crippen LogP contribution in [-0.2, 0) is 21.7 Å². The van der Waals surface area contributed by atoms with E-state index in [4.69, 9.17) is 9.84 Å². The lowest BCUT2D eigenvalue weighted by Crippen LogP contribution is -2.32. The number of aryl methyl sites for hydroxylation is 1. The Balaban J connectivity index is 1.46. The number of halogens is 1. The molecule has 8 heteroatoms. The minimum absolute atomic E-state index is 0.0429. The summed E-state index contributed by atoms with van der Waals surface area (Å²) in [6, 6.07) is 14.5. The van der Waals surface area contributed by atoms with E-state index in [1.165, 1.54) is 29.8 Å². The SMILES string of the molecule is CCc1ccc(C2C(C(=O)OC3CCCCC3)=C(C)Nc3nc(SCc4ccccc4F)nn32)cc1. The van der Waals surface area contributed by atoms with Crippen molar-refractivity contribution in [3.8, 4) is 0 Å². The molecule has 6 nitrogen and oxygen atoms in total. The van der Waals surface area contributed by atoms with Gasteiger partial charge in [0, 0.05) is 11.4 Å². The van der Waals surface area contributed by atoms with Gasteiger partial charge in [0.15, 0.2) is 0 Å². The molecule has 1 aliphatic carbocycles. The number of carbonyl (C=O) groups excluding carboxylic acids is 1. The van der Waals surface area contributed by atoms with E-state index in [9.17, 15) is 9.18 Å². The van der Waals surface area contributed by atoms with Gasteiger partial charge in [-0.15, -0.1) is 5.10 Å². The first kappa shape index (κ1) is 24.6. The molecule has 1 atom stereocenters. The van der Waals surface area contributed by atoms with Crippen LogP contribution in [0, 0.1) is 5.82 Å². The first-order valence-electron chi connectivity index (χ1n) is 12.6. The summed E-state index contributed by atoms with van der Waals surface area (Å²) < 4.78 is 21.9. The van der Waals surface area contributed by atoms with Crippen molar-refractivity contribution in [2.75, 3.05) is 5.32 Å². The van der Waals surface area contributed by atoms with Crippen molar-refractivity contribution in [3.05, 3.63) is 82.3 Å². The summed E-state index contributed by atoms with van der Waals surface area (Å²) in [7, 11) is 0. The number of allylic oxidation sites excluding steroid dienone is 1. The van der Waals surface area contributed by atoms with Crippen molar-refractivity contribution in [3.63, 3.8) is 0 Å². The van der Waals surface area contributed by atoms with Gasteiger partial charge in [-0.1, -0.05) is 67.6 Å². The zero-order valence-electron chi connectivity index (χ0n) is 20.7. The molecule has 5 rings (SSSR count). The van der Waals surface area contributed by atoms with Crippen molar-refractivity contribution >= 4 is 23.7 Å². The maximum Gasteiger partial charge on any atom is 0.338 e. The number of thioether (sulfide) groups is 1. The molecular weight excluding hydrogens is 475 g/mol. The summed E-state index contributed by atoms with van der Waals surface area (Å²) in [5.74, 6) is 0.418. The zero-order chi connectivity index (χ0) is 25.1. The van der Waals surface area contributed by atoms with Crippen LogP contribution in [0.5, 0.6) is 0 Å². The van der Waals surface area contributed by atoms with Gasteiger partial charge in [0.2, 0.25) is 11.1 Å². The molecule has 2 aliphatic rings. The van der Waals surface area contributed by atoms with Gasteiger partial charge in [-0.25, -0.2) is 13.9 Å². The molecule has 36 heavy (non-hydrogen) atoms. The molecule has 2 aromatic carbocycles. The second-order valence-corrected chi connectivity index (χ2v) is 10.3. The zero-order valence-corrected chi connectivity index (χ0v) is 21.5. The number of nitrogens with one attached hydrogen (secondary N) is 1. The fourth-order valence-corrected chi connectivity index (χ4v) is 5.67. The second kappa shape index (κ2) is 10.9. The standard InChI is InChI=1S/C28H31FN4O2S/c1-3-19-13-15-20(16-14-19)25-24(26(34)35-22-10-5-4-6-11-22)18(2)30-27-31-28(32-33(25)27)36-17-21-9-7-8-12-23(21)29/h7-9,12-16,22,25H,3-6,10-11,17H2,1-2H3,(H,30,31,32). The van der Waals surface area contributed by atoms with Crippen molar-refractivity contribution in [1.82, 2.24) is 14.8 Å². The van der Waals surface area contributed by atoms with E-state index in [2.05, 4.69) is 29.4 Å². The Labute approximate surface area is 215 Å². The third kappa shape index (κ3) is 5.19. The average molecular weight is 507 g/mol. The van der Waals surface area contributed by atoms with Crippen LogP contribution < -0.4 is 5.32 Å². The van der Waals surface area contributed by atoms with Gasteiger partial charge >= 0.3 is 5.97 Å². The molecule has 1 fully saturated rings. The van der Waals surface area contributed by atoms with Crippen molar-refractivity contribution in [2.45, 2.75) is 75.4 Å². The first-order valence-corrected chi connectivity index (χ1v) is 13.6. The molecule has 0 spiro atoms. The number of fused-ring (bicyclic) bond motifs is 1. The number of esters is 1. The smallest absolute Gasteiger partial charge is 0.338 e. The summed E-state index contributed by atoms with van der Waals surface area (Å²) >= 11 is 1.37. The molecule has 3 aromatic rings. The van der Waals surface area contributed by atoms with Crippen molar-refractivity contribution < 1.29 is 13.9 Å². The molecule has 0 saturated heterocycles. The number of hydrogen-bond donors (Lipinski definition) is 1. The lowest BCUT2D eigenvalue weighted by molar-refractivity contribution is -0.146. The summed E-state index contributed by atoms with van der Waals surface area (Å²) in [6.45, 7) is 4.00. The first-order chi connectivity index (χ1) is 17.5. The Morgan fingerprint density at radius 2 is 1.89 bits per heavy atom. The molecule has 0 radical (unpaired) electrons. The largest absolute Gasteiger partial charge is 0.459 e. The van der Waals surface area contributed by atoms with Crippen LogP contribution >= 0.6 is 11.8 Å². The summed E-state index contributed by atoms with van der Waals surface area (Å²) in [4.78, 5) is 18.2. The average Bonchev–Trinajstić information content (AvgIpc) is 3.30. The molecule has 1 N–H and O–H groups in total. The van der Waals surface area contributed by atoms with E-state index < -0.39 is 6.04 Å². The van der Waals surface area contributed by atoms with E-state index in [-0.39, 0.29) is 17.9 Å². The molecule has 1 saturated carbocycles. The van der Waals surface area contributed by atoms with E-state index >= 15 is 0 Å². The summed E-state index contributed by atoms with van der Waals surface area (Å²) in [6.07, 6.45) is 6.08. The Kier molecular flexibility index (Phi) is 7.41. The molecule has 1 unspecified atom stereocenters. The Morgan fingerprint density at radius 3 is 2.61 bits per heavy atom. The molecular formula is C28H31FN4O2S. The fraction of sp³-hybridized carbons (Fsp3) is 0.393. The van der Waals surface area contributed by atoms with Gasteiger partial charge in [0.1, 0.15) is 18.0 Å². The van der Waals surface area contributed by atoms with Crippen molar-refractivity contribution in [2.24, 2.45) is 0 Å². The molecule has 0 amide bonds. The van der Waals surface area contributed by atoms with E-state index in [0.29, 0.717) is 33.7 Å². The molecule has 0 bridgehead atoms. The maximum absolute atomic E-state index is 14.1. The minimum atomic E-state index is -0.460. The third-order valence-corrected chi connectivity index (χ3v) is 7.78. The fourth-order valence-electron chi connectivity index (χ4n) is 4.86. The number of hydrogen-bond acceptors (Lipinski definition) is 6. The summed E-state index contributed by atoms with van der Waals surface area (Å²) in [5.41, 5.74) is 4.03. The van der Waals surface area contributed by atoms with Gasteiger partial charge < -0.3 is 10.1 Å². The predicted molar refractivity (Wildman–Crippen MR) is 139 cm³/mol. The quantitative estimate of drug-likeness (QED) is 0.294. The number of rotatable bonds is 7. The molecule has 1 aromatic heterocycles. The normalized spacial score (nSPS) is 18.0. The van der Waals surface area contributed by atoms with Crippen LogP contribution in [0.15, 0.2) is 65.0 Å². The molecule has 188 valence electrons. The van der Waals surface area contributed by atoms with E-state index in [1.54, 1.807) is 16.8 Å². The van der Waals surface area contributed by atoms with Crippen LogP contribution in [0.25, 0.3) is 0 Å². The Hall–Kier alpha value is -3.13. The number of carbonyl (C=O) groups is 1. The molecule has 1 aliphatic heterocycles. The third-order valence-electron chi connectivity index (χ3n) is 6.90. The number of nitrogens with zero attached hydrogens (tertiary/aromatic N) is 3.